The van der Waals surface area contributed by atoms with Gasteiger partial charge in [0.2, 0.25) is 0 Å². The van der Waals surface area contributed by atoms with Crippen LogP contribution in [0.3, 0.4) is 0 Å². The molecule has 4 rings (SSSR count). The monoisotopic (exact) mass is 408 g/mol. The topological polar surface area (TPSA) is 79.3 Å². The molecule has 8 heteroatoms. The molecule has 0 aliphatic carbocycles. The summed E-state index contributed by atoms with van der Waals surface area (Å²) in [5.41, 5.74) is 4.50. The first-order chi connectivity index (χ1) is 14.6. The van der Waals surface area contributed by atoms with Crippen LogP contribution in [-0.2, 0) is 13.1 Å². The summed E-state index contributed by atoms with van der Waals surface area (Å²) in [6.07, 6.45) is 2.12. The number of nitrogens with zero attached hydrogens (tertiary/aromatic N) is 5. The van der Waals surface area contributed by atoms with Crippen LogP contribution >= 0.6 is 0 Å². The van der Waals surface area contributed by atoms with Crippen molar-refractivity contribution in [3.63, 3.8) is 0 Å². The van der Waals surface area contributed by atoms with Crippen LogP contribution in [0.1, 0.15) is 28.7 Å². The molecule has 30 heavy (non-hydrogen) atoms. The summed E-state index contributed by atoms with van der Waals surface area (Å²) >= 11 is 0. The molecule has 1 amide bonds. The quantitative estimate of drug-likeness (QED) is 0.678. The first-order valence-electron chi connectivity index (χ1n) is 10.3. The number of aromatic nitrogens is 4. The lowest BCUT2D eigenvalue weighted by atomic mass is 10.1. The van der Waals surface area contributed by atoms with Crippen LogP contribution < -0.4 is 4.74 Å². The Labute approximate surface area is 176 Å². The standard InChI is InChI=1S/C22H28N6O2/c1-4-28-15-18(16(2)25-28)14-26-8-10-27(11-9-26)22(29)21-13-20(23-24-21)17-6-5-7-19(12-17)30-3/h5-7,12-13,15H,4,8-11,14H2,1-3H3,(H,23,24). The number of benzene rings is 1. The molecular formula is C22H28N6O2. The van der Waals surface area contributed by atoms with Crippen LogP contribution in [0.25, 0.3) is 11.3 Å². The predicted molar refractivity (Wildman–Crippen MR) is 114 cm³/mol. The first-order valence-corrected chi connectivity index (χ1v) is 10.3. The maximum Gasteiger partial charge on any atom is 0.271 e. The summed E-state index contributed by atoms with van der Waals surface area (Å²) in [6, 6.07) is 9.47. The Balaban J connectivity index is 1.36. The summed E-state index contributed by atoms with van der Waals surface area (Å²) in [6.45, 7) is 9.00. The van der Waals surface area contributed by atoms with Gasteiger partial charge in [-0.2, -0.15) is 10.2 Å². The van der Waals surface area contributed by atoms with E-state index in [4.69, 9.17) is 4.74 Å². The second-order valence-corrected chi connectivity index (χ2v) is 7.56. The minimum Gasteiger partial charge on any atom is -0.497 e. The van der Waals surface area contributed by atoms with E-state index in [2.05, 4.69) is 40.2 Å². The van der Waals surface area contributed by atoms with Gasteiger partial charge in [0.25, 0.3) is 5.91 Å². The predicted octanol–water partition coefficient (Wildman–Crippen LogP) is 2.57. The van der Waals surface area contributed by atoms with Gasteiger partial charge in [0.1, 0.15) is 11.4 Å². The minimum atomic E-state index is -0.00807. The molecule has 0 radical (unpaired) electrons. The molecule has 1 fully saturated rings. The van der Waals surface area contributed by atoms with Crippen molar-refractivity contribution >= 4 is 5.91 Å². The molecule has 3 aromatic rings. The van der Waals surface area contributed by atoms with E-state index in [9.17, 15) is 4.79 Å². The van der Waals surface area contributed by atoms with Crippen LogP contribution in [0.4, 0.5) is 0 Å². The third-order valence-electron chi connectivity index (χ3n) is 5.60. The molecule has 2 aromatic heterocycles. The number of nitrogens with one attached hydrogen (secondary N) is 1. The number of ether oxygens (including phenoxy) is 1. The molecule has 0 saturated carbocycles. The Bertz CT molecular complexity index is 1020. The van der Waals surface area contributed by atoms with Gasteiger partial charge >= 0.3 is 0 Å². The normalized spacial score (nSPS) is 14.8. The van der Waals surface area contributed by atoms with E-state index in [-0.39, 0.29) is 5.91 Å². The van der Waals surface area contributed by atoms with Crippen LogP contribution in [-0.4, -0.2) is 69.0 Å². The van der Waals surface area contributed by atoms with E-state index < -0.39 is 0 Å². The third-order valence-corrected chi connectivity index (χ3v) is 5.60. The largest absolute Gasteiger partial charge is 0.497 e. The number of carbonyl (C=O) groups excluding carboxylic acids is 1. The zero-order chi connectivity index (χ0) is 21.1. The number of H-pyrrole nitrogens is 1. The zero-order valence-corrected chi connectivity index (χ0v) is 17.8. The number of aromatic amines is 1. The lowest BCUT2D eigenvalue weighted by Gasteiger charge is -2.34. The number of carbonyl (C=O) groups is 1. The summed E-state index contributed by atoms with van der Waals surface area (Å²) < 4.78 is 7.25. The van der Waals surface area contributed by atoms with Crippen LogP contribution in [0.2, 0.25) is 0 Å². The Hall–Kier alpha value is -3.13. The van der Waals surface area contributed by atoms with Gasteiger partial charge in [0.15, 0.2) is 0 Å². The van der Waals surface area contributed by atoms with Crippen molar-refractivity contribution in [2.45, 2.75) is 26.9 Å². The molecule has 1 saturated heterocycles. The molecule has 1 aromatic carbocycles. The van der Waals surface area contributed by atoms with E-state index in [1.165, 1.54) is 5.56 Å². The molecule has 158 valence electrons. The number of aryl methyl sites for hydroxylation is 2. The fourth-order valence-corrected chi connectivity index (χ4v) is 3.76. The molecule has 0 unspecified atom stereocenters. The molecule has 1 aliphatic heterocycles. The van der Waals surface area contributed by atoms with Gasteiger partial charge in [-0.3, -0.25) is 19.5 Å². The minimum absolute atomic E-state index is 0.00807. The Morgan fingerprint density at radius 3 is 2.70 bits per heavy atom. The van der Waals surface area contributed by atoms with Gasteiger partial charge in [0, 0.05) is 56.6 Å². The highest BCUT2D eigenvalue weighted by atomic mass is 16.5. The second-order valence-electron chi connectivity index (χ2n) is 7.56. The van der Waals surface area contributed by atoms with Crippen molar-refractivity contribution in [3.8, 4) is 17.0 Å². The maximum atomic E-state index is 12.9. The van der Waals surface area contributed by atoms with Crippen molar-refractivity contribution in [1.29, 1.82) is 0 Å². The number of methoxy groups -OCH3 is 1. The van der Waals surface area contributed by atoms with Crippen molar-refractivity contribution in [3.05, 3.63) is 53.5 Å². The zero-order valence-electron chi connectivity index (χ0n) is 17.8. The smallest absolute Gasteiger partial charge is 0.271 e. The second kappa shape index (κ2) is 8.71. The lowest BCUT2D eigenvalue weighted by Crippen LogP contribution is -2.48. The molecule has 8 nitrogen and oxygen atoms in total. The van der Waals surface area contributed by atoms with Crippen molar-refractivity contribution in [2.24, 2.45) is 0 Å². The molecule has 0 spiro atoms. The van der Waals surface area contributed by atoms with Gasteiger partial charge in [0.05, 0.1) is 18.5 Å². The third kappa shape index (κ3) is 4.23. The van der Waals surface area contributed by atoms with Gasteiger partial charge in [-0.05, 0) is 32.0 Å². The molecule has 1 aliphatic rings. The van der Waals surface area contributed by atoms with E-state index in [0.29, 0.717) is 18.8 Å². The Morgan fingerprint density at radius 2 is 2.00 bits per heavy atom. The highest BCUT2D eigenvalue weighted by Crippen LogP contribution is 2.23. The highest BCUT2D eigenvalue weighted by Gasteiger charge is 2.24. The van der Waals surface area contributed by atoms with Gasteiger partial charge < -0.3 is 9.64 Å². The van der Waals surface area contributed by atoms with Gasteiger partial charge in [-0.1, -0.05) is 12.1 Å². The number of hydrogen-bond acceptors (Lipinski definition) is 5. The van der Waals surface area contributed by atoms with E-state index in [1.54, 1.807) is 7.11 Å². The maximum absolute atomic E-state index is 12.9. The average molecular weight is 409 g/mol. The summed E-state index contributed by atoms with van der Waals surface area (Å²) in [7, 11) is 1.63. The molecule has 3 heterocycles. The number of hydrogen-bond donors (Lipinski definition) is 1. The fraction of sp³-hybridized carbons (Fsp3) is 0.409. The van der Waals surface area contributed by atoms with E-state index in [0.717, 1.165) is 48.9 Å². The summed E-state index contributed by atoms with van der Waals surface area (Å²) in [5.74, 6) is 0.755. The first kappa shape index (κ1) is 20.2. The highest BCUT2D eigenvalue weighted by molar-refractivity contribution is 5.93. The Kier molecular flexibility index (Phi) is 5.85. The Morgan fingerprint density at radius 1 is 1.20 bits per heavy atom. The number of piperazine rings is 1. The van der Waals surface area contributed by atoms with E-state index >= 15 is 0 Å². The average Bonchev–Trinajstić information content (AvgIpc) is 3.41. The molecule has 0 atom stereocenters. The summed E-state index contributed by atoms with van der Waals surface area (Å²) in [5, 5.41) is 11.7. The van der Waals surface area contributed by atoms with Crippen LogP contribution in [0.15, 0.2) is 36.5 Å². The number of amides is 1. The van der Waals surface area contributed by atoms with Gasteiger partial charge in [-0.15, -0.1) is 0 Å². The lowest BCUT2D eigenvalue weighted by molar-refractivity contribution is 0.0622. The van der Waals surface area contributed by atoms with Crippen molar-refractivity contribution in [1.82, 2.24) is 29.8 Å². The van der Waals surface area contributed by atoms with Crippen LogP contribution in [0, 0.1) is 6.92 Å². The van der Waals surface area contributed by atoms with Crippen LogP contribution in [0.5, 0.6) is 5.75 Å². The van der Waals surface area contributed by atoms with Gasteiger partial charge in [-0.25, -0.2) is 0 Å². The molecular weight excluding hydrogens is 380 g/mol. The van der Waals surface area contributed by atoms with E-state index in [1.807, 2.05) is 39.9 Å². The molecule has 0 bridgehead atoms. The molecule has 1 N–H and O–H groups in total. The fourth-order valence-electron chi connectivity index (χ4n) is 3.76. The van der Waals surface area contributed by atoms with Crippen molar-refractivity contribution in [2.75, 3.05) is 33.3 Å². The SMILES string of the molecule is CCn1cc(CN2CCN(C(=O)c3cc(-c4cccc(OC)c4)n[nH]3)CC2)c(C)n1. The number of rotatable bonds is 6. The van der Waals surface area contributed by atoms with Crippen molar-refractivity contribution < 1.29 is 9.53 Å². The summed E-state index contributed by atoms with van der Waals surface area (Å²) in [4.78, 5) is 17.2.